The highest BCUT2D eigenvalue weighted by molar-refractivity contribution is 6.00. The fraction of sp³-hybridized carbons (Fsp3) is 0.529. The molecule has 0 amide bonds. The Balaban J connectivity index is 1.63. The van der Waals surface area contributed by atoms with Crippen molar-refractivity contribution in [2.45, 2.75) is 45.4 Å². The second kappa shape index (κ2) is 7.81. The molecule has 0 spiro atoms. The lowest BCUT2D eigenvalue weighted by Gasteiger charge is -2.07. The Morgan fingerprint density at radius 3 is 2.86 bits per heavy atom. The number of ether oxygens (including phenoxy) is 2. The third-order valence-corrected chi connectivity index (χ3v) is 3.60. The number of hydrogen-bond acceptors (Lipinski definition) is 4. The summed E-state index contributed by atoms with van der Waals surface area (Å²) in [5, 5.41) is 0. The third-order valence-electron chi connectivity index (χ3n) is 3.60. The Labute approximate surface area is 125 Å². The van der Waals surface area contributed by atoms with Gasteiger partial charge in [-0.15, -0.1) is 0 Å². The van der Waals surface area contributed by atoms with E-state index >= 15 is 0 Å². The molecule has 2 rings (SSSR count). The molecule has 4 heteroatoms. The fourth-order valence-electron chi connectivity index (χ4n) is 2.49. The van der Waals surface area contributed by atoms with Crippen molar-refractivity contribution in [2.24, 2.45) is 0 Å². The molecular weight excluding hydrogens is 268 g/mol. The Hall–Kier alpha value is -1.84. The van der Waals surface area contributed by atoms with Crippen LogP contribution in [0.15, 0.2) is 18.2 Å². The van der Waals surface area contributed by atoms with Crippen molar-refractivity contribution in [3.63, 3.8) is 0 Å². The van der Waals surface area contributed by atoms with Crippen molar-refractivity contribution in [2.75, 3.05) is 13.2 Å². The average molecular weight is 290 g/mol. The number of benzene rings is 1. The van der Waals surface area contributed by atoms with Crippen LogP contribution in [0.2, 0.25) is 0 Å². The highest BCUT2D eigenvalue weighted by atomic mass is 16.5. The minimum atomic E-state index is -0.123. The fourth-order valence-corrected chi connectivity index (χ4v) is 2.49. The van der Waals surface area contributed by atoms with Gasteiger partial charge in [-0.3, -0.25) is 9.59 Å². The number of hydrogen-bond donors (Lipinski definition) is 0. The van der Waals surface area contributed by atoms with Gasteiger partial charge in [0, 0.05) is 18.4 Å². The van der Waals surface area contributed by atoms with E-state index in [1.54, 1.807) is 0 Å². The predicted octanol–water partition coefficient (Wildman–Crippen LogP) is 3.32. The molecule has 114 valence electrons. The van der Waals surface area contributed by atoms with Crippen molar-refractivity contribution < 1.29 is 19.1 Å². The summed E-state index contributed by atoms with van der Waals surface area (Å²) in [5.74, 6) is 0.936. The monoisotopic (exact) mass is 290 g/mol. The van der Waals surface area contributed by atoms with Crippen LogP contribution >= 0.6 is 0 Å². The van der Waals surface area contributed by atoms with Crippen LogP contribution in [-0.2, 0) is 16.0 Å². The third kappa shape index (κ3) is 4.59. The SMILES string of the molecule is CCOC(=O)CCCCCOc1ccc2c(c1)CCC2=O. The lowest BCUT2D eigenvalue weighted by atomic mass is 10.1. The van der Waals surface area contributed by atoms with Crippen molar-refractivity contribution in [3.8, 4) is 5.75 Å². The van der Waals surface area contributed by atoms with Gasteiger partial charge in [0.25, 0.3) is 0 Å². The van der Waals surface area contributed by atoms with Gasteiger partial charge in [0.05, 0.1) is 13.2 Å². The van der Waals surface area contributed by atoms with Crippen LogP contribution in [0.3, 0.4) is 0 Å². The normalized spacial score (nSPS) is 13.1. The van der Waals surface area contributed by atoms with Crippen molar-refractivity contribution in [1.29, 1.82) is 0 Å². The minimum absolute atomic E-state index is 0.123. The van der Waals surface area contributed by atoms with Gasteiger partial charge < -0.3 is 9.47 Å². The van der Waals surface area contributed by atoms with E-state index in [9.17, 15) is 9.59 Å². The molecule has 1 aliphatic carbocycles. The lowest BCUT2D eigenvalue weighted by Crippen LogP contribution is -2.04. The first kappa shape index (κ1) is 15.5. The molecule has 0 saturated carbocycles. The van der Waals surface area contributed by atoms with Gasteiger partial charge >= 0.3 is 5.97 Å². The quantitative estimate of drug-likeness (QED) is 0.544. The maximum Gasteiger partial charge on any atom is 0.305 e. The summed E-state index contributed by atoms with van der Waals surface area (Å²) in [6.07, 6.45) is 4.62. The van der Waals surface area contributed by atoms with Crippen LogP contribution in [0.5, 0.6) is 5.75 Å². The molecule has 1 aliphatic rings. The minimum Gasteiger partial charge on any atom is -0.494 e. The zero-order chi connectivity index (χ0) is 15.1. The van der Waals surface area contributed by atoms with Gasteiger partial charge in [-0.05, 0) is 56.4 Å². The van der Waals surface area contributed by atoms with Crippen molar-refractivity contribution in [1.82, 2.24) is 0 Å². The van der Waals surface area contributed by atoms with Gasteiger partial charge in [0.15, 0.2) is 5.78 Å². The van der Waals surface area contributed by atoms with Crippen LogP contribution in [0.4, 0.5) is 0 Å². The molecule has 0 atom stereocenters. The summed E-state index contributed by atoms with van der Waals surface area (Å²) < 4.78 is 10.6. The Morgan fingerprint density at radius 1 is 1.19 bits per heavy atom. The zero-order valence-electron chi connectivity index (χ0n) is 12.5. The van der Waals surface area contributed by atoms with Crippen LogP contribution in [-0.4, -0.2) is 25.0 Å². The first-order valence-electron chi connectivity index (χ1n) is 7.65. The smallest absolute Gasteiger partial charge is 0.305 e. The summed E-state index contributed by atoms with van der Waals surface area (Å²) >= 11 is 0. The number of unbranched alkanes of at least 4 members (excludes halogenated alkanes) is 2. The van der Waals surface area contributed by atoms with E-state index in [1.165, 1.54) is 0 Å². The van der Waals surface area contributed by atoms with E-state index in [-0.39, 0.29) is 11.8 Å². The number of esters is 1. The summed E-state index contributed by atoms with van der Waals surface area (Å²) in [7, 11) is 0. The van der Waals surface area contributed by atoms with Crippen LogP contribution in [0, 0.1) is 0 Å². The van der Waals surface area contributed by atoms with Gasteiger partial charge in [0.1, 0.15) is 5.75 Å². The molecule has 0 bridgehead atoms. The summed E-state index contributed by atoms with van der Waals surface area (Å²) in [6.45, 7) is 2.90. The second-order valence-electron chi connectivity index (χ2n) is 5.21. The van der Waals surface area contributed by atoms with Crippen molar-refractivity contribution in [3.05, 3.63) is 29.3 Å². The van der Waals surface area contributed by atoms with Gasteiger partial charge in [-0.25, -0.2) is 0 Å². The van der Waals surface area contributed by atoms with E-state index in [0.29, 0.717) is 26.1 Å². The maximum atomic E-state index is 11.5. The largest absolute Gasteiger partial charge is 0.494 e. The van der Waals surface area contributed by atoms with E-state index in [0.717, 1.165) is 42.6 Å². The van der Waals surface area contributed by atoms with Crippen molar-refractivity contribution >= 4 is 11.8 Å². The highest BCUT2D eigenvalue weighted by Gasteiger charge is 2.19. The number of aryl methyl sites for hydroxylation is 1. The van der Waals surface area contributed by atoms with Crippen LogP contribution < -0.4 is 4.74 Å². The molecule has 0 saturated heterocycles. The zero-order valence-corrected chi connectivity index (χ0v) is 12.5. The lowest BCUT2D eigenvalue weighted by molar-refractivity contribution is -0.143. The molecule has 1 aromatic carbocycles. The molecule has 0 heterocycles. The molecule has 1 aromatic rings. The summed E-state index contributed by atoms with van der Waals surface area (Å²) in [5.41, 5.74) is 1.94. The Bertz CT molecular complexity index is 508. The topological polar surface area (TPSA) is 52.6 Å². The number of carbonyl (C=O) groups is 2. The molecule has 0 radical (unpaired) electrons. The maximum absolute atomic E-state index is 11.5. The van der Waals surface area contributed by atoms with Gasteiger partial charge in [-0.1, -0.05) is 0 Å². The molecule has 0 fully saturated rings. The molecular formula is C17H22O4. The molecule has 4 nitrogen and oxygen atoms in total. The predicted molar refractivity (Wildman–Crippen MR) is 79.7 cm³/mol. The number of fused-ring (bicyclic) bond motifs is 1. The second-order valence-corrected chi connectivity index (χ2v) is 5.21. The first-order chi connectivity index (χ1) is 10.2. The van der Waals surface area contributed by atoms with E-state index < -0.39 is 0 Å². The van der Waals surface area contributed by atoms with Gasteiger partial charge in [-0.2, -0.15) is 0 Å². The summed E-state index contributed by atoms with van der Waals surface area (Å²) in [4.78, 5) is 22.7. The van der Waals surface area contributed by atoms with E-state index in [1.807, 2.05) is 25.1 Å². The highest BCUT2D eigenvalue weighted by Crippen LogP contribution is 2.26. The molecule has 0 aromatic heterocycles. The number of rotatable bonds is 8. The van der Waals surface area contributed by atoms with E-state index in [4.69, 9.17) is 9.47 Å². The first-order valence-corrected chi connectivity index (χ1v) is 7.65. The Kier molecular flexibility index (Phi) is 5.78. The molecule has 0 unspecified atom stereocenters. The van der Waals surface area contributed by atoms with Crippen LogP contribution in [0.25, 0.3) is 0 Å². The van der Waals surface area contributed by atoms with Gasteiger partial charge in [0.2, 0.25) is 0 Å². The Morgan fingerprint density at radius 2 is 2.05 bits per heavy atom. The average Bonchev–Trinajstić information content (AvgIpc) is 2.84. The number of Topliss-reactive ketones (excluding diaryl/α,β-unsaturated/α-hetero) is 1. The molecule has 0 aliphatic heterocycles. The summed E-state index contributed by atoms with van der Waals surface area (Å²) in [6, 6.07) is 5.69. The molecule has 0 N–H and O–H groups in total. The number of ketones is 1. The van der Waals surface area contributed by atoms with Crippen LogP contribution in [0.1, 0.15) is 54.9 Å². The van der Waals surface area contributed by atoms with E-state index in [2.05, 4.69) is 0 Å². The number of carbonyl (C=O) groups excluding carboxylic acids is 2. The molecule has 21 heavy (non-hydrogen) atoms. The standard InChI is InChI=1S/C17H22O4/c1-2-20-17(19)6-4-3-5-11-21-14-8-9-15-13(12-14)7-10-16(15)18/h8-9,12H,2-7,10-11H2,1H3.